The second kappa shape index (κ2) is 6.24. The van der Waals surface area contributed by atoms with Gasteiger partial charge in [0.15, 0.2) is 0 Å². The lowest BCUT2D eigenvalue weighted by Gasteiger charge is -2.12. The number of sulfonamides is 1. The molecule has 2 N–H and O–H groups in total. The maximum atomic E-state index is 12.4. The molecule has 0 radical (unpaired) electrons. The van der Waals surface area contributed by atoms with E-state index in [1.54, 1.807) is 6.92 Å². The zero-order chi connectivity index (χ0) is 16.5. The number of ether oxygens (including phenoxy) is 1. The van der Waals surface area contributed by atoms with Crippen LogP contribution < -0.4 is 9.46 Å². The fourth-order valence-electron chi connectivity index (χ4n) is 1.83. The molecule has 0 aromatic heterocycles. The van der Waals surface area contributed by atoms with Gasteiger partial charge in [0.05, 0.1) is 22.7 Å². The van der Waals surface area contributed by atoms with Gasteiger partial charge in [-0.1, -0.05) is 23.2 Å². The minimum absolute atomic E-state index is 0.00283. The Bertz CT molecular complexity index is 822. The second-order valence-electron chi connectivity index (χ2n) is 4.52. The van der Waals surface area contributed by atoms with Crippen LogP contribution in [0.2, 0.25) is 10.0 Å². The Balaban J connectivity index is 2.42. The Morgan fingerprint density at radius 1 is 1.18 bits per heavy atom. The van der Waals surface area contributed by atoms with Gasteiger partial charge < -0.3 is 9.84 Å². The number of halogens is 2. The number of aromatic hydroxyl groups is 1. The molecule has 2 aromatic rings. The second-order valence-corrected chi connectivity index (χ2v) is 7.05. The molecule has 22 heavy (non-hydrogen) atoms. The lowest BCUT2D eigenvalue weighted by Crippen LogP contribution is -2.13. The molecule has 0 aliphatic heterocycles. The largest absolute Gasteiger partial charge is 0.505 e. The summed E-state index contributed by atoms with van der Waals surface area (Å²) in [5.74, 6) is 0.176. The molecule has 2 aromatic carbocycles. The van der Waals surface area contributed by atoms with Crippen LogP contribution in [0.25, 0.3) is 0 Å². The average Bonchev–Trinajstić information content (AvgIpc) is 2.43. The maximum absolute atomic E-state index is 12.4. The van der Waals surface area contributed by atoms with Crippen LogP contribution in [0.15, 0.2) is 35.2 Å². The van der Waals surface area contributed by atoms with Crippen LogP contribution in [0.1, 0.15) is 5.56 Å². The Hall–Kier alpha value is -1.63. The topological polar surface area (TPSA) is 75.6 Å². The highest BCUT2D eigenvalue weighted by Crippen LogP contribution is 2.33. The standard InChI is InChI=1S/C14H13Cl2NO4S/c1-8-5-9(15)6-12(14(8)18)17-22(19,20)10-3-4-13(21-2)11(16)7-10/h3-7,17-18H,1-2H3. The summed E-state index contributed by atoms with van der Waals surface area (Å²) in [5, 5.41) is 10.4. The number of nitrogens with one attached hydrogen (secondary N) is 1. The minimum atomic E-state index is -3.93. The van der Waals surface area contributed by atoms with Crippen LogP contribution in [0, 0.1) is 6.92 Å². The number of phenolic OH excluding ortho intramolecular Hbond substituents is 1. The number of rotatable bonds is 4. The van der Waals surface area contributed by atoms with Gasteiger partial charge in [-0.15, -0.1) is 0 Å². The first-order valence-corrected chi connectivity index (χ1v) is 8.34. The molecule has 0 bridgehead atoms. The van der Waals surface area contributed by atoms with E-state index in [1.165, 1.54) is 37.4 Å². The van der Waals surface area contributed by atoms with Crippen molar-refractivity contribution in [3.63, 3.8) is 0 Å². The minimum Gasteiger partial charge on any atom is -0.505 e. The Morgan fingerprint density at radius 3 is 2.45 bits per heavy atom. The van der Waals surface area contributed by atoms with Crippen molar-refractivity contribution in [3.8, 4) is 11.5 Å². The van der Waals surface area contributed by atoms with E-state index in [9.17, 15) is 13.5 Å². The lowest BCUT2D eigenvalue weighted by molar-refractivity contribution is 0.414. The van der Waals surface area contributed by atoms with Gasteiger partial charge in [-0.3, -0.25) is 4.72 Å². The third-order valence-corrected chi connectivity index (χ3v) is 4.82. The Kier molecular flexibility index (Phi) is 4.75. The molecule has 0 fully saturated rings. The smallest absolute Gasteiger partial charge is 0.262 e. The summed E-state index contributed by atoms with van der Waals surface area (Å²) < 4.78 is 32.0. The molecule has 0 heterocycles. The van der Waals surface area contributed by atoms with E-state index in [0.717, 1.165) is 0 Å². The van der Waals surface area contributed by atoms with Gasteiger partial charge in [0.2, 0.25) is 0 Å². The average molecular weight is 362 g/mol. The van der Waals surface area contributed by atoms with Crippen molar-refractivity contribution in [2.24, 2.45) is 0 Å². The fourth-order valence-corrected chi connectivity index (χ4v) is 3.51. The number of benzene rings is 2. The number of phenols is 1. The van der Waals surface area contributed by atoms with E-state index in [-0.39, 0.29) is 21.4 Å². The molecule has 0 spiro atoms. The van der Waals surface area contributed by atoms with Crippen LogP contribution in [0.3, 0.4) is 0 Å². The van der Waals surface area contributed by atoms with E-state index in [2.05, 4.69) is 4.72 Å². The first-order valence-electron chi connectivity index (χ1n) is 6.10. The predicted octanol–water partition coefficient (Wildman–Crippen LogP) is 3.82. The quantitative estimate of drug-likeness (QED) is 0.811. The Morgan fingerprint density at radius 2 is 1.86 bits per heavy atom. The summed E-state index contributed by atoms with van der Waals surface area (Å²) in [5.41, 5.74) is 0.454. The van der Waals surface area contributed by atoms with Crippen molar-refractivity contribution in [1.82, 2.24) is 0 Å². The molecule has 0 amide bonds. The van der Waals surface area contributed by atoms with Crippen molar-refractivity contribution in [2.45, 2.75) is 11.8 Å². The van der Waals surface area contributed by atoms with E-state index in [1.807, 2.05) is 0 Å². The van der Waals surface area contributed by atoms with Crippen LogP contribution in [-0.2, 0) is 10.0 Å². The maximum Gasteiger partial charge on any atom is 0.262 e. The molecule has 118 valence electrons. The normalized spacial score (nSPS) is 11.3. The number of hydrogen-bond acceptors (Lipinski definition) is 4. The fraction of sp³-hybridized carbons (Fsp3) is 0.143. The lowest BCUT2D eigenvalue weighted by atomic mass is 10.2. The summed E-state index contributed by atoms with van der Waals surface area (Å²) in [6.07, 6.45) is 0. The summed E-state index contributed by atoms with van der Waals surface area (Å²) >= 11 is 11.8. The van der Waals surface area contributed by atoms with Crippen molar-refractivity contribution in [1.29, 1.82) is 0 Å². The SMILES string of the molecule is COc1ccc(S(=O)(=O)Nc2cc(Cl)cc(C)c2O)cc1Cl. The third-order valence-electron chi connectivity index (χ3n) is 2.94. The summed E-state index contributed by atoms with van der Waals surface area (Å²) in [4.78, 5) is -0.0599. The van der Waals surface area contributed by atoms with Crippen LogP contribution in [-0.4, -0.2) is 20.6 Å². The summed E-state index contributed by atoms with van der Waals surface area (Å²) in [7, 11) is -2.49. The first kappa shape index (κ1) is 16.7. The van der Waals surface area contributed by atoms with E-state index < -0.39 is 10.0 Å². The van der Waals surface area contributed by atoms with Crippen molar-refractivity contribution in [3.05, 3.63) is 45.9 Å². The molecule has 0 aliphatic carbocycles. The highest BCUT2D eigenvalue weighted by molar-refractivity contribution is 7.92. The van der Waals surface area contributed by atoms with Gasteiger partial charge in [0, 0.05) is 5.02 Å². The van der Waals surface area contributed by atoms with E-state index in [0.29, 0.717) is 16.3 Å². The molecular weight excluding hydrogens is 349 g/mol. The number of anilines is 1. The van der Waals surface area contributed by atoms with E-state index >= 15 is 0 Å². The molecule has 8 heteroatoms. The third kappa shape index (κ3) is 3.40. The molecule has 0 unspecified atom stereocenters. The number of methoxy groups -OCH3 is 1. The molecule has 0 atom stereocenters. The highest BCUT2D eigenvalue weighted by Gasteiger charge is 2.19. The molecule has 5 nitrogen and oxygen atoms in total. The predicted molar refractivity (Wildman–Crippen MR) is 86.7 cm³/mol. The summed E-state index contributed by atoms with van der Waals surface area (Å²) in [6, 6.07) is 6.91. The highest BCUT2D eigenvalue weighted by atomic mass is 35.5. The van der Waals surface area contributed by atoms with Crippen LogP contribution in [0.4, 0.5) is 5.69 Å². The van der Waals surface area contributed by atoms with Crippen LogP contribution >= 0.6 is 23.2 Å². The zero-order valence-electron chi connectivity index (χ0n) is 11.7. The first-order chi connectivity index (χ1) is 10.2. The van der Waals surface area contributed by atoms with Crippen molar-refractivity contribution >= 4 is 38.9 Å². The monoisotopic (exact) mass is 361 g/mol. The molecule has 2 rings (SSSR count). The van der Waals surface area contributed by atoms with E-state index in [4.69, 9.17) is 27.9 Å². The van der Waals surface area contributed by atoms with Crippen molar-refractivity contribution < 1.29 is 18.3 Å². The number of hydrogen-bond donors (Lipinski definition) is 2. The molecule has 0 saturated heterocycles. The molecule has 0 aliphatic rings. The summed E-state index contributed by atoms with van der Waals surface area (Å²) in [6.45, 7) is 1.61. The van der Waals surface area contributed by atoms with Gasteiger partial charge in [-0.25, -0.2) is 8.42 Å². The van der Waals surface area contributed by atoms with Gasteiger partial charge in [0.1, 0.15) is 11.5 Å². The molecule has 0 saturated carbocycles. The Labute approximate surface area is 138 Å². The van der Waals surface area contributed by atoms with Crippen LogP contribution in [0.5, 0.6) is 11.5 Å². The van der Waals surface area contributed by atoms with Gasteiger partial charge in [0.25, 0.3) is 10.0 Å². The van der Waals surface area contributed by atoms with Gasteiger partial charge in [-0.05, 0) is 42.8 Å². The van der Waals surface area contributed by atoms with Crippen molar-refractivity contribution in [2.75, 3.05) is 11.8 Å². The zero-order valence-corrected chi connectivity index (χ0v) is 14.1. The molecular formula is C14H13Cl2NO4S. The number of aryl methyl sites for hydroxylation is 1. The van der Waals surface area contributed by atoms with Gasteiger partial charge >= 0.3 is 0 Å². The van der Waals surface area contributed by atoms with Gasteiger partial charge in [-0.2, -0.15) is 0 Å².